The number of hydrogen-bond donors (Lipinski definition) is 1. The molecule has 7 nitrogen and oxygen atoms in total. The molecule has 1 aromatic rings. The van der Waals surface area contributed by atoms with E-state index in [9.17, 15) is 14.9 Å². The Morgan fingerprint density at radius 2 is 2.12 bits per heavy atom. The van der Waals surface area contributed by atoms with Gasteiger partial charge in [0, 0.05) is 17.8 Å². The van der Waals surface area contributed by atoms with Crippen molar-refractivity contribution in [2.24, 2.45) is 5.73 Å². The van der Waals surface area contributed by atoms with Crippen molar-refractivity contribution in [1.82, 2.24) is 0 Å². The Morgan fingerprint density at radius 3 is 2.72 bits per heavy atom. The fourth-order valence-electron chi connectivity index (χ4n) is 3.63. The predicted octanol–water partition coefficient (Wildman–Crippen LogP) is 1.46. The third kappa shape index (κ3) is 1.91. The zero-order chi connectivity index (χ0) is 18.4. The van der Waals surface area contributed by atoms with Crippen molar-refractivity contribution < 1.29 is 19.1 Å². The van der Waals surface area contributed by atoms with Gasteiger partial charge in [0.05, 0.1) is 7.11 Å². The number of rotatable bonds is 2. The summed E-state index contributed by atoms with van der Waals surface area (Å²) < 4.78 is 10.3. The van der Waals surface area contributed by atoms with Gasteiger partial charge in [0.25, 0.3) is 0 Å². The van der Waals surface area contributed by atoms with E-state index in [2.05, 4.69) is 0 Å². The van der Waals surface area contributed by atoms with Gasteiger partial charge in [0.2, 0.25) is 11.8 Å². The van der Waals surface area contributed by atoms with Crippen LogP contribution in [-0.4, -0.2) is 25.5 Å². The molecule has 1 spiro atoms. The van der Waals surface area contributed by atoms with Crippen molar-refractivity contribution in [1.29, 1.82) is 5.26 Å². The number of carbonyl (C=O) groups excluding carboxylic acids is 2. The van der Waals surface area contributed by atoms with Gasteiger partial charge in [0.1, 0.15) is 23.0 Å². The highest BCUT2D eigenvalue weighted by Gasteiger charge is 2.61. The Morgan fingerprint density at radius 1 is 1.44 bits per heavy atom. The van der Waals surface area contributed by atoms with Gasteiger partial charge in [-0.15, -0.1) is 0 Å². The van der Waals surface area contributed by atoms with Crippen LogP contribution in [0.5, 0.6) is 0 Å². The number of allylic oxidation sites excluding steroid dienone is 1. The summed E-state index contributed by atoms with van der Waals surface area (Å²) in [6.07, 6.45) is 0. The lowest BCUT2D eigenvalue weighted by Crippen LogP contribution is -2.48. The van der Waals surface area contributed by atoms with Crippen LogP contribution in [0.4, 0.5) is 5.69 Å². The normalized spacial score (nSPS) is 22.0. The summed E-state index contributed by atoms with van der Waals surface area (Å²) in [6, 6.07) is 9.00. The van der Waals surface area contributed by atoms with E-state index in [0.717, 1.165) is 0 Å². The molecule has 3 rings (SSSR count). The van der Waals surface area contributed by atoms with Crippen molar-refractivity contribution >= 4 is 17.6 Å². The SMILES string of the molecule is CCN1C(=O)C2(C(C#N)=C(N)OC(C)=C2C(=O)OC)c2ccccc21. The molecule has 0 saturated heterocycles. The summed E-state index contributed by atoms with van der Waals surface area (Å²) >= 11 is 0. The van der Waals surface area contributed by atoms with Gasteiger partial charge in [-0.1, -0.05) is 18.2 Å². The molecule has 0 aromatic heterocycles. The maximum Gasteiger partial charge on any atom is 0.339 e. The van der Waals surface area contributed by atoms with Crippen LogP contribution in [0.2, 0.25) is 0 Å². The predicted molar refractivity (Wildman–Crippen MR) is 88.8 cm³/mol. The van der Waals surface area contributed by atoms with E-state index in [1.807, 2.05) is 13.0 Å². The van der Waals surface area contributed by atoms with Crippen LogP contribution in [0, 0.1) is 11.3 Å². The fourth-order valence-corrected chi connectivity index (χ4v) is 3.63. The number of esters is 1. The lowest BCUT2D eigenvalue weighted by Gasteiger charge is -2.34. The monoisotopic (exact) mass is 339 g/mol. The van der Waals surface area contributed by atoms with Crippen LogP contribution in [0.1, 0.15) is 19.4 Å². The van der Waals surface area contributed by atoms with Crippen LogP contribution < -0.4 is 10.6 Å². The van der Waals surface area contributed by atoms with E-state index >= 15 is 0 Å². The summed E-state index contributed by atoms with van der Waals surface area (Å²) in [6.45, 7) is 3.73. The van der Waals surface area contributed by atoms with Crippen LogP contribution in [0.15, 0.2) is 47.1 Å². The lowest BCUT2D eigenvalue weighted by molar-refractivity contribution is -0.138. The molecule has 0 fully saturated rings. The lowest BCUT2D eigenvalue weighted by atomic mass is 9.68. The van der Waals surface area contributed by atoms with Crippen LogP contribution in [0.3, 0.4) is 0 Å². The number of nitrogens with two attached hydrogens (primary N) is 1. The smallest absolute Gasteiger partial charge is 0.339 e. The first kappa shape index (κ1) is 16.6. The second-order valence-electron chi connectivity index (χ2n) is 5.69. The number of ether oxygens (including phenoxy) is 2. The molecule has 0 radical (unpaired) electrons. The number of nitrogens with zero attached hydrogens (tertiary/aromatic N) is 2. The van der Waals surface area contributed by atoms with E-state index < -0.39 is 17.3 Å². The molecule has 2 heterocycles. The largest absolute Gasteiger partial charge is 0.466 e. The second kappa shape index (κ2) is 5.67. The summed E-state index contributed by atoms with van der Waals surface area (Å²) in [5, 5.41) is 9.73. The Bertz CT molecular complexity index is 894. The van der Waals surface area contributed by atoms with Crippen molar-refractivity contribution in [3.8, 4) is 6.07 Å². The first-order valence-corrected chi connectivity index (χ1v) is 7.74. The number of anilines is 1. The molecule has 0 aliphatic carbocycles. The van der Waals surface area contributed by atoms with E-state index in [1.54, 1.807) is 24.3 Å². The highest BCUT2D eigenvalue weighted by molar-refractivity contribution is 6.18. The Kier molecular flexibility index (Phi) is 3.76. The maximum absolute atomic E-state index is 13.4. The van der Waals surface area contributed by atoms with Crippen LogP contribution >= 0.6 is 0 Å². The van der Waals surface area contributed by atoms with Crippen LogP contribution in [0.25, 0.3) is 0 Å². The number of amides is 1. The van der Waals surface area contributed by atoms with E-state index in [-0.39, 0.29) is 22.8 Å². The molecule has 0 bridgehead atoms. The fraction of sp³-hybridized carbons (Fsp3) is 0.278. The molecule has 1 amide bonds. The molecule has 1 unspecified atom stereocenters. The molecule has 1 atom stereocenters. The van der Waals surface area contributed by atoms with Crippen molar-refractivity contribution in [2.75, 3.05) is 18.6 Å². The number of methoxy groups -OCH3 is 1. The first-order chi connectivity index (χ1) is 11.9. The average Bonchev–Trinajstić information content (AvgIpc) is 2.84. The Hall–Kier alpha value is -3.27. The quantitative estimate of drug-likeness (QED) is 0.818. The highest BCUT2D eigenvalue weighted by atomic mass is 16.5. The molecule has 2 N–H and O–H groups in total. The molecular formula is C18H17N3O4. The van der Waals surface area contributed by atoms with Crippen molar-refractivity contribution in [3.05, 3.63) is 52.6 Å². The van der Waals surface area contributed by atoms with Gasteiger partial charge in [-0.3, -0.25) is 4.79 Å². The number of likely N-dealkylation sites (N-methyl/N-ethyl adjacent to an activating group) is 1. The van der Waals surface area contributed by atoms with Crippen molar-refractivity contribution in [2.45, 2.75) is 19.3 Å². The number of carbonyl (C=O) groups is 2. The molecule has 25 heavy (non-hydrogen) atoms. The number of fused-ring (bicyclic) bond motifs is 2. The third-order valence-electron chi connectivity index (χ3n) is 4.59. The van der Waals surface area contributed by atoms with E-state index in [4.69, 9.17) is 15.2 Å². The van der Waals surface area contributed by atoms with Crippen LogP contribution in [-0.2, 0) is 24.5 Å². The summed E-state index contributed by atoms with van der Waals surface area (Å²) in [7, 11) is 1.22. The van der Waals surface area contributed by atoms with E-state index in [1.165, 1.54) is 18.9 Å². The molecule has 0 saturated carbocycles. The minimum absolute atomic E-state index is 0.0193. The maximum atomic E-state index is 13.4. The minimum Gasteiger partial charge on any atom is -0.466 e. The second-order valence-corrected chi connectivity index (χ2v) is 5.69. The molecular weight excluding hydrogens is 322 g/mol. The number of nitriles is 1. The third-order valence-corrected chi connectivity index (χ3v) is 4.59. The van der Waals surface area contributed by atoms with Gasteiger partial charge in [-0.2, -0.15) is 5.26 Å². The summed E-state index contributed by atoms with van der Waals surface area (Å²) in [4.78, 5) is 27.5. The zero-order valence-electron chi connectivity index (χ0n) is 14.1. The molecule has 1 aromatic carbocycles. The van der Waals surface area contributed by atoms with Gasteiger partial charge in [-0.05, 0) is 19.9 Å². The van der Waals surface area contributed by atoms with Gasteiger partial charge < -0.3 is 20.1 Å². The summed E-state index contributed by atoms with van der Waals surface area (Å²) in [5.74, 6) is -1.20. The van der Waals surface area contributed by atoms with Crippen molar-refractivity contribution in [3.63, 3.8) is 0 Å². The van der Waals surface area contributed by atoms with Gasteiger partial charge in [-0.25, -0.2) is 4.79 Å². The molecule has 128 valence electrons. The number of benzene rings is 1. The number of para-hydroxylation sites is 1. The molecule has 7 heteroatoms. The highest BCUT2D eigenvalue weighted by Crippen LogP contribution is 2.53. The van der Waals surface area contributed by atoms with Gasteiger partial charge in [0.15, 0.2) is 5.41 Å². The average molecular weight is 339 g/mol. The minimum atomic E-state index is -1.65. The van der Waals surface area contributed by atoms with Gasteiger partial charge >= 0.3 is 5.97 Å². The topological polar surface area (TPSA) is 106 Å². The summed E-state index contributed by atoms with van der Waals surface area (Å²) in [5.41, 5.74) is 5.30. The Labute approximate surface area is 144 Å². The standard InChI is InChI=1S/C18H17N3O4/c1-4-21-13-8-6-5-7-11(13)18(17(21)23)12(9-19)15(20)25-10(2)14(18)16(22)24-3/h5-8H,4,20H2,1-3H3. The zero-order valence-corrected chi connectivity index (χ0v) is 14.1. The molecule has 2 aliphatic heterocycles. The Balaban J connectivity index is 2.47. The molecule has 2 aliphatic rings. The number of hydrogen-bond acceptors (Lipinski definition) is 6. The first-order valence-electron chi connectivity index (χ1n) is 7.74. The van der Waals surface area contributed by atoms with E-state index in [0.29, 0.717) is 17.8 Å².